The van der Waals surface area contributed by atoms with E-state index in [1.54, 1.807) is 7.11 Å². The molecule has 2 aromatic carbocycles. The summed E-state index contributed by atoms with van der Waals surface area (Å²) in [5.74, 6) is 1.18. The number of ether oxygens (including phenoxy) is 1. The van der Waals surface area contributed by atoms with Gasteiger partial charge in [-0.3, -0.25) is 14.7 Å². The average Bonchev–Trinajstić information content (AvgIpc) is 2.88. The van der Waals surface area contributed by atoms with Gasteiger partial charge in [-0.05, 0) is 54.3 Å². The molecule has 1 N–H and O–H groups in total. The number of allylic oxidation sites excluding steroid dienone is 1. The number of benzene rings is 2. The molecule has 2 aromatic rings. The number of rotatable bonds is 5. The van der Waals surface area contributed by atoms with Crippen molar-refractivity contribution < 1.29 is 9.53 Å². The average molecular weight is 468 g/mol. The van der Waals surface area contributed by atoms with Gasteiger partial charge in [0.2, 0.25) is 0 Å². The lowest BCUT2D eigenvalue weighted by atomic mass is 9.93. The smallest absolute Gasteiger partial charge is 0.277 e. The third kappa shape index (κ3) is 3.88. The van der Waals surface area contributed by atoms with Gasteiger partial charge in [0.1, 0.15) is 11.5 Å². The van der Waals surface area contributed by atoms with Crippen LogP contribution < -0.4 is 15.0 Å². The van der Waals surface area contributed by atoms with E-state index in [0.29, 0.717) is 18.2 Å². The second-order valence-corrected chi connectivity index (χ2v) is 8.89. The lowest BCUT2D eigenvalue weighted by Crippen LogP contribution is -2.30. The first-order valence-corrected chi connectivity index (χ1v) is 11.0. The quantitative estimate of drug-likeness (QED) is 0.680. The molecular weight excluding hydrogens is 442 g/mol. The van der Waals surface area contributed by atoms with E-state index in [1.165, 1.54) is 0 Å². The monoisotopic (exact) mass is 467 g/mol. The summed E-state index contributed by atoms with van der Waals surface area (Å²) in [4.78, 5) is 20.2. The van der Waals surface area contributed by atoms with Crippen molar-refractivity contribution in [3.63, 3.8) is 0 Å². The number of hydrogen-bond acceptors (Lipinski definition) is 4. The summed E-state index contributed by atoms with van der Waals surface area (Å²) in [5, 5.41) is 3.56. The normalized spacial score (nSPS) is 18.8. The maximum atomic E-state index is 13.6. The molecule has 0 aliphatic carbocycles. The third-order valence-electron chi connectivity index (χ3n) is 5.40. The lowest BCUT2D eigenvalue weighted by Gasteiger charge is -2.27. The summed E-state index contributed by atoms with van der Waals surface area (Å²) in [6.45, 7) is 5.74. The number of methoxy groups -OCH3 is 1. The van der Waals surface area contributed by atoms with E-state index >= 15 is 0 Å². The first-order chi connectivity index (χ1) is 14.5. The minimum Gasteiger partial charge on any atom is -0.497 e. The Balaban J connectivity index is 1.91. The van der Waals surface area contributed by atoms with Gasteiger partial charge in [-0.2, -0.15) is 0 Å². The Morgan fingerprint density at radius 2 is 1.87 bits per heavy atom. The number of aliphatic imine (C=N–C) groups is 1. The summed E-state index contributed by atoms with van der Waals surface area (Å²) in [7, 11) is 1.64. The van der Waals surface area contributed by atoms with Gasteiger partial charge in [-0.1, -0.05) is 41.9 Å². The maximum absolute atomic E-state index is 13.6. The van der Waals surface area contributed by atoms with E-state index in [1.807, 2.05) is 41.3 Å². The van der Waals surface area contributed by atoms with Crippen LogP contribution in [-0.4, -0.2) is 31.8 Å². The highest BCUT2D eigenvalue weighted by Crippen LogP contribution is 2.42. The molecule has 2 aliphatic heterocycles. The van der Waals surface area contributed by atoms with E-state index in [9.17, 15) is 4.79 Å². The van der Waals surface area contributed by atoms with Crippen molar-refractivity contribution in [1.29, 1.82) is 0 Å². The van der Waals surface area contributed by atoms with Crippen LogP contribution in [0.5, 0.6) is 5.75 Å². The Morgan fingerprint density at radius 3 is 2.50 bits per heavy atom. The zero-order valence-corrected chi connectivity index (χ0v) is 19.1. The van der Waals surface area contributed by atoms with Crippen LogP contribution in [0.15, 0.2) is 69.3 Å². The number of nitrogens with one attached hydrogen (secondary N) is 1. The summed E-state index contributed by atoms with van der Waals surface area (Å²) >= 11 is 3.53. The van der Waals surface area contributed by atoms with E-state index in [0.717, 1.165) is 45.7 Å². The number of nitrogens with zero attached hydrogens (tertiary/aromatic N) is 2. The van der Waals surface area contributed by atoms with Gasteiger partial charge in [0.05, 0.1) is 19.7 Å². The number of anilines is 1. The van der Waals surface area contributed by atoms with Gasteiger partial charge >= 0.3 is 0 Å². The number of halogens is 1. The molecule has 1 amide bonds. The van der Waals surface area contributed by atoms with Crippen LogP contribution in [0.4, 0.5) is 5.69 Å². The number of carbonyl (C=O) groups excluding carboxylic acids is 1. The number of amides is 1. The Labute approximate surface area is 186 Å². The predicted molar refractivity (Wildman–Crippen MR) is 124 cm³/mol. The van der Waals surface area contributed by atoms with E-state index in [2.05, 4.69) is 47.2 Å². The molecule has 6 heteroatoms. The van der Waals surface area contributed by atoms with Crippen LogP contribution >= 0.6 is 15.9 Å². The summed E-state index contributed by atoms with van der Waals surface area (Å²) < 4.78 is 6.31. The van der Waals surface area contributed by atoms with Crippen molar-refractivity contribution in [2.24, 2.45) is 10.9 Å². The van der Waals surface area contributed by atoms with E-state index < -0.39 is 0 Å². The number of hydrogen-bond donors (Lipinski definition) is 1. The van der Waals surface area contributed by atoms with Crippen molar-refractivity contribution >= 4 is 33.2 Å². The number of fused-ring (bicyclic) bond motifs is 1. The summed E-state index contributed by atoms with van der Waals surface area (Å²) in [5.41, 5.74) is 4.61. The first kappa shape index (κ1) is 20.7. The van der Waals surface area contributed by atoms with E-state index in [-0.39, 0.29) is 11.9 Å². The van der Waals surface area contributed by atoms with Crippen LogP contribution in [0, 0.1) is 5.92 Å². The SMILES string of the molecule is COc1ccc(N2C(=O)C3=NCCNC(CC(C)C)=C3C2c2ccc(Br)cc2)cc1. The second kappa shape index (κ2) is 8.64. The zero-order chi connectivity index (χ0) is 21.3. The molecule has 156 valence electrons. The third-order valence-corrected chi connectivity index (χ3v) is 5.93. The Kier molecular flexibility index (Phi) is 5.95. The summed E-state index contributed by atoms with van der Waals surface area (Å²) in [6, 6.07) is 15.6. The Hall–Kier alpha value is -2.60. The molecule has 5 nitrogen and oxygen atoms in total. The second-order valence-electron chi connectivity index (χ2n) is 7.97. The highest BCUT2D eigenvalue weighted by Gasteiger charge is 2.45. The van der Waals surface area contributed by atoms with Crippen molar-refractivity contribution in [1.82, 2.24) is 5.32 Å². The van der Waals surface area contributed by atoms with Crippen molar-refractivity contribution in [3.8, 4) is 5.75 Å². The predicted octanol–water partition coefficient (Wildman–Crippen LogP) is 4.89. The van der Waals surface area contributed by atoms with Gasteiger partial charge in [0, 0.05) is 28.0 Å². The molecule has 1 atom stereocenters. The van der Waals surface area contributed by atoms with Crippen LogP contribution in [0.1, 0.15) is 31.9 Å². The lowest BCUT2D eigenvalue weighted by molar-refractivity contribution is -0.112. The standard InChI is InChI=1S/C24H26BrN3O2/c1-15(2)14-20-21-22(27-13-12-26-20)24(29)28(18-8-10-19(30-3)11-9-18)23(21)16-4-6-17(25)7-5-16/h4-11,15,23,26H,12-14H2,1-3H3. The fourth-order valence-electron chi connectivity index (χ4n) is 4.10. The van der Waals surface area contributed by atoms with E-state index in [4.69, 9.17) is 9.73 Å². The molecule has 0 aromatic heterocycles. The minimum absolute atomic E-state index is 0.0481. The van der Waals surface area contributed by atoms with Crippen LogP contribution in [0.3, 0.4) is 0 Å². The van der Waals surface area contributed by atoms with Gasteiger partial charge < -0.3 is 10.1 Å². The first-order valence-electron chi connectivity index (χ1n) is 10.2. The molecular formula is C24H26BrN3O2. The molecule has 1 saturated heterocycles. The summed E-state index contributed by atoms with van der Waals surface area (Å²) in [6.07, 6.45) is 0.880. The van der Waals surface area contributed by atoms with Gasteiger partial charge in [0.25, 0.3) is 5.91 Å². The Morgan fingerprint density at radius 1 is 1.17 bits per heavy atom. The molecule has 0 spiro atoms. The molecule has 30 heavy (non-hydrogen) atoms. The van der Waals surface area contributed by atoms with Crippen LogP contribution in [0.2, 0.25) is 0 Å². The fraction of sp³-hybridized carbons (Fsp3) is 0.333. The number of carbonyl (C=O) groups is 1. The fourth-order valence-corrected chi connectivity index (χ4v) is 4.36. The van der Waals surface area contributed by atoms with Crippen molar-refractivity contribution in [2.75, 3.05) is 25.1 Å². The topological polar surface area (TPSA) is 53.9 Å². The largest absolute Gasteiger partial charge is 0.497 e. The van der Waals surface area contributed by atoms with Gasteiger partial charge in [-0.25, -0.2) is 0 Å². The molecule has 2 heterocycles. The molecule has 0 radical (unpaired) electrons. The van der Waals surface area contributed by atoms with Crippen molar-refractivity contribution in [3.05, 3.63) is 69.8 Å². The molecule has 1 unspecified atom stereocenters. The molecule has 4 rings (SSSR count). The van der Waals surface area contributed by atoms with Crippen LogP contribution in [0.25, 0.3) is 0 Å². The molecule has 0 bridgehead atoms. The van der Waals surface area contributed by atoms with Crippen molar-refractivity contribution in [2.45, 2.75) is 26.3 Å². The highest BCUT2D eigenvalue weighted by atomic mass is 79.9. The van der Waals surface area contributed by atoms with Crippen LogP contribution in [-0.2, 0) is 4.79 Å². The Bertz CT molecular complexity index is 994. The molecule has 1 fully saturated rings. The molecule has 0 saturated carbocycles. The van der Waals surface area contributed by atoms with Gasteiger partial charge in [-0.15, -0.1) is 0 Å². The highest BCUT2D eigenvalue weighted by molar-refractivity contribution is 9.10. The molecule has 2 aliphatic rings. The zero-order valence-electron chi connectivity index (χ0n) is 17.5. The maximum Gasteiger partial charge on any atom is 0.277 e. The van der Waals surface area contributed by atoms with Gasteiger partial charge in [0.15, 0.2) is 0 Å². The minimum atomic E-state index is -0.225.